The van der Waals surface area contributed by atoms with E-state index in [0.717, 1.165) is 46.5 Å². The van der Waals surface area contributed by atoms with Crippen molar-refractivity contribution < 1.29 is 4.79 Å². The van der Waals surface area contributed by atoms with Crippen molar-refractivity contribution in [2.75, 3.05) is 11.4 Å². The first-order valence-corrected chi connectivity index (χ1v) is 11.4. The second-order valence-electron chi connectivity index (χ2n) is 8.45. The summed E-state index contributed by atoms with van der Waals surface area (Å²) in [5.74, 6) is -0.282. The normalized spacial score (nSPS) is 12.7. The van der Waals surface area contributed by atoms with Crippen molar-refractivity contribution >= 4 is 22.5 Å². The molecule has 0 spiro atoms. The molecule has 0 unspecified atom stereocenters. The van der Waals surface area contributed by atoms with Crippen LogP contribution < -0.4 is 10.2 Å². The number of carbonyl (C=O) groups excluding carboxylic acids is 1. The predicted octanol–water partition coefficient (Wildman–Crippen LogP) is 2.67. The Bertz CT molecular complexity index is 1480. The topological polar surface area (TPSA) is 128 Å². The minimum Gasteiger partial charge on any atom is -0.363 e. The van der Waals surface area contributed by atoms with E-state index in [2.05, 4.69) is 37.8 Å². The maximum Gasteiger partial charge on any atom is 0.272 e. The number of hydrogen-bond donors (Lipinski definition) is 1. The summed E-state index contributed by atoms with van der Waals surface area (Å²) < 4.78 is 3.68. The summed E-state index contributed by atoms with van der Waals surface area (Å²) in [6.07, 6.45) is 2.08. The number of fused-ring (bicyclic) bond motifs is 2. The second kappa shape index (κ2) is 9.27. The summed E-state index contributed by atoms with van der Waals surface area (Å²) in [6.45, 7) is 5.01. The summed E-state index contributed by atoms with van der Waals surface area (Å²) in [5.41, 5.74) is 5.79. The number of aryl methyl sites for hydroxylation is 2. The molecule has 1 amide bonds. The second-order valence-corrected chi connectivity index (χ2v) is 8.45. The van der Waals surface area contributed by atoms with Gasteiger partial charge in [0, 0.05) is 24.2 Å². The van der Waals surface area contributed by atoms with Crippen molar-refractivity contribution in [1.29, 1.82) is 10.5 Å². The number of anilines is 1. The van der Waals surface area contributed by atoms with Gasteiger partial charge in [0.05, 0.1) is 61.2 Å². The molecular formula is C25H23N9O. The van der Waals surface area contributed by atoms with Gasteiger partial charge in [-0.05, 0) is 42.3 Å². The third-order valence-corrected chi connectivity index (χ3v) is 6.30. The van der Waals surface area contributed by atoms with Crippen LogP contribution in [0.3, 0.4) is 0 Å². The first-order valence-electron chi connectivity index (χ1n) is 11.4. The van der Waals surface area contributed by atoms with E-state index in [-0.39, 0.29) is 5.91 Å². The van der Waals surface area contributed by atoms with Gasteiger partial charge in [-0.15, -0.1) is 5.10 Å². The average Bonchev–Trinajstić information content (AvgIpc) is 3.51. The third kappa shape index (κ3) is 4.18. The number of nitrogens with zero attached hydrogens (tertiary/aromatic N) is 8. The SMILES string of the molecule is Cc1c(N2CCn3nncc3C2)ccc2c(C(=O)NCc3ccc(C#N)cc3)nn(CCC#N)c12. The molecule has 1 aliphatic heterocycles. The zero-order chi connectivity index (χ0) is 24.4. The molecule has 10 heteroatoms. The molecule has 0 aliphatic carbocycles. The van der Waals surface area contributed by atoms with Gasteiger partial charge in [-0.1, -0.05) is 17.3 Å². The molecule has 0 saturated heterocycles. The van der Waals surface area contributed by atoms with Gasteiger partial charge in [-0.25, -0.2) is 4.68 Å². The van der Waals surface area contributed by atoms with Gasteiger partial charge >= 0.3 is 0 Å². The molecule has 0 atom stereocenters. The summed E-state index contributed by atoms with van der Waals surface area (Å²) in [5, 5.41) is 34.5. The number of benzene rings is 2. The molecule has 2 aromatic heterocycles. The highest BCUT2D eigenvalue weighted by atomic mass is 16.1. The molecule has 1 aliphatic rings. The Labute approximate surface area is 202 Å². The number of carbonyl (C=O) groups is 1. The highest BCUT2D eigenvalue weighted by Crippen LogP contribution is 2.32. The Hall–Kier alpha value is -4.70. The molecule has 35 heavy (non-hydrogen) atoms. The van der Waals surface area contributed by atoms with E-state index in [1.807, 2.05) is 35.9 Å². The summed E-state index contributed by atoms with van der Waals surface area (Å²) >= 11 is 0. The standard InChI is InChI=1S/C25H23N9O/c1-17-22(32-11-12-33-20(16-32)15-29-31-33)8-7-21-23(30-34(24(17)21)10-2-9-26)25(35)28-14-19-5-3-18(13-27)4-6-19/h3-8,15H,2,10-12,14,16H2,1H3,(H,28,35). The van der Waals surface area contributed by atoms with Crippen LogP contribution in [0.4, 0.5) is 5.69 Å². The summed E-state index contributed by atoms with van der Waals surface area (Å²) in [4.78, 5) is 15.4. The minimum absolute atomic E-state index is 0.282. The molecule has 2 aromatic carbocycles. The van der Waals surface area contributed by atoms with E-state index in [4.69, 9.17) is 10.5 Å². The maximum absolute atomic E-state index is 13.1. The number of rotatable bonds is 6. The maximum atomic E-state index is 13.1. The highest BCUT2D eigenvalue weighted by Gasteiger charge is 2.24. The molecule has 10 nitrogen and oxygen atoms in total. The molecule has 0 fully saturated rings. The summed E-state index contributed by atoms with van der Waals surface area (Å²) in [6, 6.07) is 15.3. The zero-order valence-corrected chi connectivity index (χ0v) is 19.3. The molecule has 0 saturated carbocycles. The monoisotopic (exact) mass is 465 g/mol. The van der Waals surface area contributed by atoms with Crippen LogP contribution in [-0.4, -0.2) is 37.2 Å². The highest BCUT2D eigenvalue weighted by molar-refractivity contribution is 6.06. The Morgan fingerprint density at radius 2 is 1.97 bits per heavy atom. The van der Waals surface area contributed by atoms with Gasteiger partial charge in [0.2, 0.25) is 0 Å². The molecular weight excluding hydrogens is 442 g/mol. The lowest BCUT2D eigenvalue weighted by atomic mass is 10.1. The van der Waals surface area contributed by atoms with E-state index >= 15 is 0 Å². The number of nitrogens with one attached hydrogen (secondary N) is 1. The van der Waals surface area contributed by atoms with Crippen molar-refractivity contribution in [2.45, 2.75) is 39.5 Å². The van der Waals surface area contributed by atoms with Gasteiger partial charge in [0.25, 0.3) is 5.91 Å². The van der Waals surface area contributed by atoms with Gasteiger partial charge in [-0.3, -0.25) is 9.48 Å². The molecule has 1 N–H and O–H groups in total. The minimum atomic E-state index is -0.282. The van der Waals surface area contributed by atoms with Crippen LogP contribution in [0.2, 0.25) is 0 Å². The third-order valence-electron chi connectivity index (χ3n) is 6.30. The number of hydrogen-bond acceptors (Lipinski definition) is 7. The van der Waals surface area contributed by atoms with E-state index in [0.29, 0.717) is 37.3 Å². The lowest BCUT2D eigenvalue weighted by Gasteiger charge is -2.30. The first-order chi connectivity index (χ1) is 17.1. The Kier molecular flexibility index (Phi) is 5.86. The van der Waals surface area contributed by atoms with E-state index in [9.17, 15) is 4.79 Å². The lowest BCUT2D eigenvalue weighted by Crippen LogP contribution is -2.34. The van der Waals surface area contributed by atoms with E-state index in [1.165, 1.54) is 0 Å². The quantitative estimate of drug-likeness (QED) is 0.463. The Balaban J connectivity index is 1.45. The van der Waals surface area contributed by atoms with Crippen LogP contribution >= 0.6 is 0 Å². The number of nitriles is 2. The van der Waals surface area contributed by atoms with Crippen molar-refractivity contribution in [1.82, 2.24) is 30.1 Å². The fourth-order valence-corrected chi connectivity index (χ4v) is 4.51. The van der Waals surface area contributed by atoms with Gasteiger partial charge in [0.15, 0.2) is 5.69 Å². The summed E-state index contributed by atoms with van der Waals surface area (Å²) in [7, 11) is 0. The largest absolute Gasteiger partial charge is 0.363 e. The fraction of sp³-hybridized carbons (Fsp3) is 0.280. The molecule has 0 radical (unpaired) electrons. The van der Waals surface area contributed by atoms with E-state index < -0.39 is 0 Å². The van der Waals surface area contributed by atoms with Crippen molar-refractivity contribution in [3.8, 4) is 12.1 Å². The molecule has 174 valence electrons. The number of amides is 1. The van der Waals surface area contributed by atoms with Crippen molar-refractivity contribution in [2.24, 2.45) is 0 Å². The molecule has 3 heterocycles. The molecule has 4 aromatic rings. The first kappa shape index (κ1) is 22.1. The Morgan fingerprint density at radius 1 is 1.14 bits per heavy atom. The number of aromatic nitrogens is 5. The van der Waals surface area contributed by atoms with Crippen LogP contribution in [0.5, 0.6) is 0 Å². The molecule has 0 bridgehead atoms. The van der Waals surface area contributed by atoms with E-state index in [1.54, 1.807) is 23.0 Å². The fourth-order valence-electron chi connectivity index (χ4n) is 4.51. The van der Waals surface area contributed by atoms with Gasteiger partial charge < -0.3 is 10.2 Å². The van der Waals surface area contributed by atoms with Crippen LogP contribution in [0.1, 0.15) is 39.3 Å². The predicted molar refractivity (Wildman–Crippen MR) is 128 cm³/mol. The zero-order valence-electron chi connectivity index (χ0n) is 19.3. The smallest absolute Gasteiger partial charge is 0.272 e. The van der Waals surface area contributed by atoms with Crippen LogP contribution in [0, 0.1) is 29.6 Å². The van der Waals surface area contributed by atoms with Crippen LogP contribution in [0.25, 0.3) is 10.9 Å². The van der Waals surface area contributed by atoms with Gasteiger partial charge in [-0.2, -0.15) is 15.6 Å². The van der Waals surface area contributed by atoms with Gasteiger partial charge in [0.1, 0.15) is 0 Å². The van der Waals surface area contributed by atoms with Crippen LogP contribution in [-0.2, 0) is 26.2 Å². The average molecular weight is 466 g/mol. The van der Waals surface area contributed by atoms with Crippen molar-refractivity contribution in [3.63, 3.8) is 0 Å². The molecule has 5 rings (SSSR count). The lowest BCUT2D eigenvalue weighted by molar-refractivity contribution is 0.0946. The van der Waals surface area contributed by atoms with Crippen molar-refractivity contribution in [3.05, 3.63) is 70.7 Å². The van der Waals surface area contributed by atoms with Crippen LogP contribution in [0.15, 0.2) is 42.6 Å². The Morgan fingerprint density at radius 3 is 2.74 bits per heavy atom.